The first-order valence-electron chi connectivity index (χ1n) is 8.57. The van der Waals surface area contributed by atoms with Crippen LogP contribution in [0.1, 0.15) is 35.4 Å². The molecule has 0 saturated carbocycles. The predicted molar refractivity (Wildman–Crippen MR) is 93.8 cm³/mol. The fourth-order valence-corrected chi connectivity index (χ4v) is 3.04. The molecule has 27 heavy (non-hydrogen) atoms. The molecule has 2 aromatic carbocycles. The summed E-state index contributed by atoms with van der Waals surface area (Å²) in [6, 6.07) is 7.36. The topological polar surface area (TPSA) is 38.7 Å². The Hall–Kier alpha value is -2.49. The number of rotatable bonds is 3. The molecule has 0 spiro atoms. The molecule has 2 atom stereocenters. The number of aliphatic hydroxyl groups excluding tert-OH is 1. The lowest BCUT2D eigenvalue weighted by Crippen LogP contribution is -2.24. The zero-order valence-corrected chi connectivity index (χ0v) is 14.8. The molecule has 0 bridgehead atoms. The van der Waals surface area contributed by atoms with Gasteiger partial charge in [-0.1, -0.05) is 24.0 Å². The van der Waals surface area contributed by atoms with Crippen molar-refractivity contribution in [2.24, 2.45) is 0 Å². The van der Waals surface area contributed by atoms with Crippen LogP contribution in [0.2, 0.25) is 0 Å². The van der Waals surface area contributed by atoms with Crippen LogP contribution in [0.5, 0.6) is 5.75 Å². The second kappa shape index (κ2) is 8.47. The van der Waals surface area contributed by atoms with Crippen LogP contribution in [0, 0.1) is 29.3 Å². The second-order valence-electron chi connectivity index (χ2n) is 6.31. The summed E-state index contributed by atoms with van der Waals surface area (Å²) < 4.78 is 52.4. The molecule has 0 aromatic heterocycles. The average molecular weight is 376 g/mol. The van der Waals surface area contributed by atoms with Crippen molar-refractivity contribution in [3.8, 4) is 17.6 Å². The van der Waals surface area contributed by atoms with Crippen LogP contribution < -0.4 is 4.74 Å². The quantitative estimate of drug-likeness (QED) is 0.826. The van der Waals surface area contributed by atoms with Crippen molar-refractivity contribution in [1.82, 2.24) is 0 Å². The summed E-state index contributed by atoms with van der Waals surface area (Å²) in [6.07, 6.45) is 0.799. The minimum Gasteiger partial charge on any atom is -0.497 e. The van der Waals surface area contributed by atoms with E-state index in [0.717, 1.165) is 0 Å². The molecule has 2 unspecified atom stereocenters. The zero-order chi connectivity index (χ0) is 19.4. The molecule has 0 amide bonds. The Morgan fingerprint density at radius 2 is 1.96 bits per heavy atom. The molecule has 1 heterocycles. The zero-order valence-electron chi connectivity index (χ0n) is 14.8. The summed E-state index contributed by atoms with van der Waals surface area (Å²) in [7, 11) is 1.48. The largest absolute Gasteiger partial charge is 0.497 e. The molecule has 0 radical (unpaired) electrons. The van der Waals surface area contributed by atoms with Crippen molar-refractivity contribution in [3.05, 3.63) is 64.5 Å². The highest BCUT2D eigenvalue weighted by Crippen LogP contribution is 2.31. The summed E-state index contributed by atoms with van der Waals surface area (Å²) in [4.78, 5) is 0. The van der Waals surface area contributed by atoms with E-state index in [2.05, 4.69) is 11.8 Å². The van der Waals surface area contributed by atoms with E-state index >= 15 is 0 Å². The van der Waals surface area contributed by atoms with E-state index in [1.54, 1.807) is 12.1 Å². The third-order valence-corrected chi connectivity index (χ3v) is 4.62. The number of benzene rings is 2. The van der Waals surface area contributed by atoms with Gasteiger partial charge in [0.1, 0.15) is 17.7 Å². The summed E-state index contributed by atoms with van der Waals surface area (Å²) in [5, 5.41) is 8.94. The van der Waals surface area contributed by atoms with Gasteiger partial charge in [0.15, 0.2) is 11.6 Å². The smallest absolute Gasteiger partial charge is 0.174 e. The number of methoxy groups -OCH3 is 1. The molecule has 1 fully saturated rings. The van der Waals surface area contributed by atoms with Gasteiger partial charge in [0.2, 0.25) is 0 Å². The highest BCUT2D eigenvalue weighted by atomic mass is 19.2. The average Bonchev–Trinajstić information content (AvgIpc) is 2.69. The maximum Gasteiger partial charge on any atom is 0.174 e. The molecule has 1 N–H and O–H groups in total. The van der Waals surface area contributed by atoms with Crippen molar-refractivity contribution in [2.75, 3.05) is 13.7 Å². The van der Waals surface area contributed by atoms with Crippen LogP contribution in [0.3, 0.4) is 0 Å². The molecule has 2 aromatic rings. The first-order chi connectivity index (χ1) is 13.0. The van der Waals surface area contributed by atoms with Gasteiger partial charge in [-0.2, -0.15) is 0 Å². The van der Waals surface area contributed by atoms with Crippen LogP contribution in [0.4, 0.5) is 13.2 Å². The van der Waals surface area contributed by atoms with Gasteiger partial charge in [0, 0.05) is 17.5 Å². The van der Waals surface area contributed by atoms with E-state index in [0.29, 0.717) is 30.8 Å². The van der Waals surface area contributed by atoms with Crippen molar-refractivity contribution < 1.29 is 27.8 Å². The Balaban J connectivity index is 1.66. The molecule has 1 saturated heterocycles. The highest BCUT2D eigenvalue weighted by Gasteiger charge is 2.24. The molecular formula is C21H19F3O3. The molecule has 142 valence electrons. The Kier molecular flexibility index (Phi) is 6.04. The van der Waals surface area contributed by atoms with E-state index in [1.165, 1.54) is 25.3 Å². The lowest BCUT2D eigenvalue weighted by molar-refractivity contribution is 0.0375. The first kappa shape index (κ1) is 19.3. The number of hydrogen-bond donors (Lipinski definition) is 1. The Morgan fingerprint density at radius 3 is 2.59 bits per heavy atom. The van der Waals surface area contributed by atoms with Crippen LogP contribution in [0.25, 0.3) is 0 Å². The molecular weight excluding hydrogens is 357 g/mol. The van der Waals surface area contributed by atoms with E-state index in [-0.39, 0.29) is 22.9 Å². The second-order valence-corrected chi connectivity index (χ2v) is 6.31. The molecule has 0 aliphatic carbocycles. The van der Waals surface area contributed by atoms with Crippen LogP contribution in [-0.4, -0.2) is 24.9 Å². The number of ether oxygens (including phenoxy) is 2. The van der Waals surface area contributed by atoms with E-state index in [9.17, 15) is 13.2 Å². The van der Waals surface area contributed by atoms with E-state index in [4.69, 9.17) is 14.6 Å². The summed E-state index contributed by atoms with van der Waals surface area (Å²) in [5.41, 5.74) is 0.364. The fourth-order valence-electron chi connectivity index (χ4n) is 3.04. The summed E-state index contributed by atoms with van der Waals surface area (Å²) in [6.45, 7) is -0.283. The number of hydrogen-bond acceptors (Lipinski definition) is 3. The van der Waals surface area contributed by atoms with Gasteiger partial charge in [-0.15, -0.1) is 0 Å². The maximum atomic E-state index is 14.2. The van der Waals surface area contributed by atoms with Crippen LogP contribution >= 0.6 is 0 Å². The van der Waals surface area contributed by atoms with Crippen LogP contribution in [0.15, 0.2) is 30.3 Å². The van der Waals surface area contributed by atoms with Gasteiger partial charge in [-0.05, 0) is 30.5 Å². The number of aliphatic hydroxyl groups is 1. The van der Waals surface area contributed by atoms with Crippen molar-refractivity contribution >= 4 is 0 Å². The van der Waals surface area contributed by atoms with E-state index in [1.807, 2.05) is 0 Å². The minimum absolute atomic E-state index is 0.0865. The minimum atomic E-state index is -1.09. The SMILES string of the molecule is COc1ccc(C2CCC(C#Cc3ccc(CO)c(F)c3F)OC2)c(F)c1. The Morgan fingerprint density at radius 1 is 1.15 bits per heavy atom. The third kappa shape index (κ3) is 4.26. The Bertz CT molecular complexity index is 878. The van der Waals surface area contributed by atoms with Crippen molar-refractivity contribution in [2.45, 2.75) is 31.5 Å². The molecule has 1 aliphatic rings. The van der Waals surface area contributed by atoms with Gasteiger partial charge in [-0.3, -0.25) is 0 Å². The predicted octanol–water partition coefficient (Wildman–Crippen LogP) is 3.92. The van der Waals surface area contributed by atoms with Gasteiger partial charge in [0.25, 0.3) is 0 Å². The monoisotopic (exact) mass is 376 g/mol. The molecule has 3 rings (SSSR count). The summed E-state index contributed by atoms with van der Waals surface area (Å²) in [5.74, 6) is 3.24. The fraction of sp³-hybridized carbons (Fsp3) is 0.333. The lowest BCUT2D eigenvalue weighted by Gasteiger charge is -2.27. The van der Waals surface area contributed by atoms with E-state index < -0.39 is 24.3 Å². The van der Waals surface area contributed by atoms with Crippen LogP contribution in [-0.2, 0) is 11.3 Å². The van der Waals surface area contributed by atoms with Gasteiger partial charge >= 0.3 is 0 Å². The highest BCUT2D eigenvalue weighted by molar-refractivity contribution is 5.39. The lowest BCUT2D eigenvalue weighted by atomic mass is 9.91. The summed E-state index contributed by atoms with van der Waals surface area (Å²) >= 11 is 0. The third-order valence-electron chi connectivity index (χ3n) is 4.62. The van der Waals surface area contributed by atoms with Crippen molar-refractivity contribution in [3.63, 3.8) is 0 Å². The Labute approximate surface area is 155 Å². The molecule has 6 heteroatoms. The number of halogens is 3. The normalized spacial score (nSPS) is 19.3. The van der Waals surface area contributed by atoms with Gasteiger partial charge in [-0.25, -0.2) is 13.2 Å². The molecule has 3 nitrogen and oxygen atoms in total. The standard InChI is InChI=1S/C21H19F3O3/c1-26-17-8-9-18(19(22)10-17)15-5-7-16(27-12-15)6-4-13-2-3-14(11-25)21(24)20(13)23/h2-3,8-10,15-16,25H,5,7,11-12H2,1H3. The van der Waals surface area contributed by atoms with Crippen molar-refractivity contribution in [1.29, 1.82) is 0 Å². The maximum absolute atomic E-state index is 14.2. The first-order valence-corrected chi connectivity index (χ1v) is 8.57. The van der Waals surface area contributed by atoms with Gasteiger partial charge in [0.05, 0.1) is 25.9 Å². The molecule has 1 aliphatic heterocycles. The van der Waals surface area contributed by atoms with Gasteiger partial charge < -0.3 is 14.6 Å².